The van der Waals surface area contributed by atoms with Crippen LogP contribution in [0.3, 0.4) is 0 Å². The zero-order valence-corrected chi connectivity index (χ0v) is 9.04. The number of ether oxygens (including phenoxy) is 1. The molecule has 1 saturated heterocycles. The van der Waals surface area contributed by atoms with E-state index in [1.165, 1.54) is 25.7 Å². The van der Waals surface area contributed by atoms with Gasteiger partial charge in [0, 0.05) is 12.6 Å². The molecule has 0 aromatic heterocycles. The van der Waals surface area contributed by atoms with Gasteiger partial charge in [-0.1, -0.05) is 0 Å². The highest BCUT2D eigenvalue weighted by Crippen LogP contribution is 2.28. The van der Waals surface area contributed by atoms with Gasteiger partial charge in [-0.05, 0) is 45.1 Å². The van der Waals surface area contributed by atoms with Gasteiger partial charge in [-0.2, -0.15) is 0 Å². The molecule has 82 valence electrons. The van der Waals surface area contributed by atoms with Gasteiger partial charge in [0.15, 0.2) is 0 Å². The van der Waals surface area contributed by atoms with Crippen LogP contribution in [0.25, 0.3) is 0 Å². The third-order valence-electron chi connectivity index (χ3n) is 3.33. The Morgan fingerprint density at radius 3 is 2.64 bits per heavy atom. The molecule has 3 heteroatoms. The Hall–Kier alpha value is -0.120. The molecule has 1 aliphatic carbocycles. The first-order valence-corrected chi connectivity index (χ1v) is 5.88. The molecule has 1 heterocycles. The van der Waals surface area contributed by atoms with Crippen molar-refractivity contribution < 1.29 is 4.74 Å². The molecule has 3 nitrogen and oxygen atoms in total. The van der Waals surface area contributed by atoms with Crippen LogP contribution in [0.5, 0.6) is 0 Å². The van der Waals surface area contributed by atoms with Gasteiger partial charge in [-0.25, -0.2) is 0 Å². The van der Waals surface area contributed by atoms with Crippen molar-refractivity contribution in [2.24, 2.45) is 11.7 Å². The van der Waals surface area contributed by atoms with Crippen molar-refractivity contribution in [2.45, 2.75) is 50.9 Å². The summed E-state index contributed by atoms with van der Waals surface area (Å²) < 4.78 is 5.82. The largest absolute Gasteiger partial charge is 0.374 e. The van der Waals surface area contributed by atoms with Crippen molar-refractivity contribution in [3.05, 3.63) is 0 Å². The number of rotatable bonds is 5. The summed E-state index contributed by atoms with van der Waals surface area (Å²) >= 11 is 0. The molecule has 0 bridgehead atoms. The van der Waals surface area contributed by atoms with Crippen LogP contribution in [0, 0.1) is 5.92 Å². The molecule has 3 unspecified atom stereocenters. The van der Waals surface area contributed by atoms with Crippen LogP contribution in [0.1, 0.15) is 32.6 Å². The predicted molar refractivity (Wildman–Crippen MR) is 57.1 cm³/mol. The zero-order chi connectivity index (χ0) is 9.97. The van der Waals surface area contributed by atoms with E-state index < -0.39 is 0 Å². The van der Waals surface area contributed by atoms with Crippen LogP contribution in [0.4, 0.5) is 0 Å². The summed E-state index contributed by atoms with van der Waals surface area (Å²) in [7, 11) is 0. The van der Waals surface area contributed by atoms with Crippen LogP contribution in [0.2, 0.25) is 0 Å². The fraction of sp³-hybridized carbons (Fsp3) is 1.00. The van der Waals surface area contributed by atoms with Crippen LogP contribution >= 0.6 is 0 Å². The second-order valence-electron chi connectivity index (χ2n) is 4.76. The summed E-state index contributed by atoms with van der Waals surface area (Å²) in [6.07, 6.45) is 5.93. The van der Waals surface area contributed by atoms with E-state index in [0.717, 1.165) is 12.5 Å². The lowest BCUT2D eigenvalue weighted by atomic mass is 10.1. The molecule has 2 rings (SSSR count). The third kappa shape index (κ3) is 2.69. The summed E-state index contributed by atoms with van der Waals surface area (Å²) in [5.41, 5.74) is 5.76. The standard InChI is InChI=1S/C11H22N2O/c1-8-2-5-11(14-8)10(6-12)13-7-9-3-4-9/h8-11,13H,2-7,12H2,1H3. The Kier molecular flexibility index (Phi) is 3.42. The fourth-order valence-electron chi connectivity index (χ4n) is 2.14. The Bertz CT molecular complexity index is 182. The van der Waals surface area contributed by atoms with Crippen LogP contribution < -0.4 is 11.1 Å². The Morgan fingerprint density at radius 1 is 1.36 bits per heavy atom. The summed E-state index contributed by atoms with van der Waals surface area (Å²) in [5.74, 6) is 0.919. The van der Waals surface area contributed by atoms with Gasteiger partial charge < -0.3 is 15.8 Å². The van der Waals surface area contributed by atoms with Gasteiger partial charge in [-0.3, -0.25) is 0 Å². The van der Waals surface area contributed by atoms with Gasteiger partial charge in [0.05, 0.1) is 12.2 Å². The van der Waals surface area contributed by atoms with Crippen molar-refractivity contribution in [3.63, 3.8) is 0 Å². The molecule has 3 atom stereocenters. The van der Waals surface area contributed by atoms with Gasteiger partial charge in [0.2, 0.25) is 0 Å². The van der Waals surface area contributed by atoms with E-state index in [1.54, 1.807) is 0 Å². The van der Waals surface area contributed by atoms with Crippen LogP contribution in [-0.4, -0.2) is 31.3 Å². The smallest absolute Gasteiger partial charge is 0.0744 e. The summed E-state index contributed by atoms with van der Waals surface area (Å²) in [6, 6.07) is 0.376. The minimum absolute atomic E-state index is 0.355. The molecule has 1 aliphatic heterocycles. The van der Waals surface area contributed by atoms with Gasteiger partial charge in [0.1, 0.15) is 0 Å². The van der Waals surface area contributed by atoms with E-state index in [0.29, 0.717) is 24.8 Å². The van der Waals surface area contributed by atoms with Crippen molar-refractivity contribution >= 4 is 0 Å². The maximum atomic E-state index is 5.82. The van der Waals surface area contributed by atoms with Crippen molar-refractivity contribution in [2.75, 3.05) is 13.1 Å². The SMILES string of the molecule is CC1CCC(C(CN)NCC2CC2)O1. The quantitative estimate of drug-likeness (QED) is 0.689. The highest BCUT2D eigenvalue weighted by molar-refractivity contribution is 4.86. The predicted octanol–water partition coefficient (Wildman–Crippen LogP) is 0.881. The Morgan fingerprint density at radius 2 is 2.14 bits per heavy atom. The van der Waals surface area contributed by atoms with Crippen LogP contribution in [-0.2, 0) is 4.74 Å². The molecule has 0 spiro atoms. The molecule has 0 aromatic carbocycles. The molecule has 3 N–H and O–H groups in total. The monoisotopic (exact) mass is 198 g/mol. The lowest BCUT2D eigenvalue weighted by molar-refractivity contribution is 0.0337. The first-order chi connectivity index (χ1) is 6.79. The van der Waals surface area contributed by atoms with Crippen molar-refractivity contribution in [1.82, 2.24) is 5.32 Å². The second kappa shape index (κ2) is 4.60. The normalized spacial score (nSPS) is 34.7. The van der Waals surface area contributed by atoms with E-state index in [1.807, 2.05) is 0 Å². The maximum Gasteiger partial charge on any atom is 0.0744 e. The third-order valence-corrected chi connectivity index (χ3v) is 3.33. The highest BCUT2D eigenvalue weighted by Gasteiger charge is 2.30. The zero-order valence-electron chi connectivity index (χ0n) is 9.04. The van der Waals surface area contributed by atoms with Crippen LogP contribution in [0.15, 0.2) is 0 Å². The molecule has 2 aliphatic rings. The first-order valence-electron chi connectivity index (χ1n) is 5.88. The Balaban J connectivity index is 1.73. The molecule has 0 radical (unpaired) electrons. The average molecular weight is 198 g/mol. The number of hydrogen-bond acceptors (Lipinski definition) is 3. The van der Waals surface area contributed by atoms with Gasteiger partial charge >= 0.3 is 0 Å². The van der Waals surface area contributed by atoms with E-state index in [-0.39, 0.29) is 0 Å². The fourth-order valence-corrected chi connectivity index (χ4v) is 2.14. The Labute approximate surface area is 86.4 Å². The lowest BCUT2D eigenvalue weighted by Gasteiger charge is -2.23. The topological polar surface area (TPSA) is 47.3 Å². The molecular weight excluding hydrogens is 176 g/mol. The number of hydrogen-bond donors (Lipinski definition) is 2. The van der Waals surface area contributed by atoms with E-state index in [4.69, 9.17) is 10.5 Å². The molecule has 0 amide bonds. The minimum atomic E-state index is 0.355. The summed E-state index contributed by atoms with van der Waals surface area (Å²) in [4.78, 5) is 0. The van der Waals surface area contributed by atoms with Gasteiger partial charge in [0.25, 0.3) is 0 Å². The maximum absolute atomic E-state index is 5.82. The van der Waals surface area contributed by atoms with Crippen molar-refractivity contribution in [1.29, 1.82) is 0 Å². The molecule has 14 heavy (non-hydrogen) atoms. The van der Waals surface area contributed by atoms with E-state index in [9.17, 15) is 0 Å². The highest BCUT2D eigenvalue weighted by atomic mass is 16.5. The summed E-state index contributed by atoms with van der Waals surface area (Å²) in [5, 5.41) is 3.54. The van der Waals surface area contributed by atoms with Gasteiger partial charge in [-0.15, -0.1) is 0 Å². The molecule has 2 fully saturated rings. The summed E-state index contributed by atoms with van der Waals surface area (Å²) in [6.45, 7) is 3.98. The van der Waals surface area contributed by atoms with E-state index in [2.05, 4.69) is 12.2 Å². The van der Waals surface area contributed by atoms with Crippen molar-refractivity contribution in [3.8, 4) is 0 Å². The second-order valence-corrected chi connectivity index (χ2v) is 4.76. The first kappa shape index (κ1) is 10.4. The average Bonchev–Trinajstić information content (AvgIpc) is 2.90. The molecule has 0 aromatic rings. The number of nitrogens with two attached hydrogens (primary N) is 1. The number of nitrogens with one attached hydrogen (secondary N) is 1. The lowest BCUT2D eigenvalue weighted by Crippen LogP contribution is -2.46. The van der Waals surface area contributed by atoms with E-state index >= 15 is 0 Å². The molecular formula is C11H22N2O. The molecule has 1 saturated carbocycles. The minimum Gasteiger partial charge on any atom is -0.374 e.